The Kier molecular flexibility index (Phi) is 11.9. The highest BCUT2D eigenvalue weighted by Crippen LogP contribution is 2.38. The number of nitrogens with one attached hydrogen (secondary N) is 1. The van der Waals surface area contributed by atoms with Crippen molar-refractivity contribution in [3.63, 3.8) is 0 Å². The molecule has 0 bridgehead atoms. The van der Waals surface area contributed by atoms with E-state index in [1.807, 2.05) is 34.7 Å². The summed E-state index contributed by atoms with van der Waals surface area (Å²) in [6.45, 7) is 0.0695. The SMILES string of the molecule is COc1ccc(OC)c(CCN(C(=O)C2CCC2)C2CC(C(=O)NCCO)=CC(Oc3c(I)cc(C=O)cc3OC)C2O)c1. The second-order valence-corrected chi connectivity index (χ2v) is 11.9. The molecular formula is C32H39IN2O9. The van der Waals surface area contributed by atoms with E-state index in [4.69, 9.17) is 18.9 Å². The second-order valence-electron chi connectivity index (χ2n) is 10.8. The lowest BCUT2D eigenvalue weighted by atomic mass is 9.82. The molecule has 3 atom stereocenters. The molecule has 2 aliphatic carbocycles. The van der Waals surface area contributed by atoms with Crippen molar-refractivity contribution in [3.8, 4) is 23.0 Å². The first-order chi connectivity index (χ1) is 21.2. The van der Waals surface area contributed by atoms with Crippen molar-refractivity contribution in [1.82, 2.24) is 10.2 Å². The number of ether oxygens (including phenoxy) is 4. The highest BCUT2D eigenvalue weighted by molar-refractivity contribution is 14.1. The normalized spacial score (nSPS) is 19.7. The van der Waals surface area contributed by atoms with E-state index in [1.54, 1.807) is 37.3 Å². The Morgan fingerprint density at radius 3 is 2.45 bits per heavy atom. The summed E-state index contributed by atoms with van der Waals surface area (Å²) >= 11 is 2.02. The molecule has 0 saturated heterocycles. The molecule has 3 unspecified atom stereocenters. The minimum Gasteiger partial charge on any atom is -0.497 e. The number of aliphatic hydroxyl groups excluding tert-OH is 2. The molecule has 0 heterocycles. The van der Waals surface area contributed by atoms with Gasteiger partial charge in [0.15, 0.2) is 11.5 Å². The molecule has 2 aromatic carbocycles. The number of aldehydes is 1. The van der Waals surface area contributed by atoms with Gasteiger partial charge in [0, 0.05) is 36.6 Å². The molecule has 11 nitrogen and oxygen atoms in total. The Hall–Kier alpha value is -3.36. The highest BCUT2D eigenvalue weighted by Gasteiger charge is 2.43. The van der Waals surface area contributed by atoms with Crippen LogP contribution in [-0.2, 0) is 16.0 Å². The van der Waals surface area contributed by atoms with Crippen LogP contribution < -0.4 is 24.3 Å². The molecule has 44 heavy (non-hydrogen) atoms. The topological polar surface area (TPSA) is 144 Å². The first kappa shape index (κ1) is 33.5. The van der Waals surface area contributed by atoms with E-state index in [1.165, 1.54) is 13.2 Å². The molecule has 0 aromatic heterocycles. The van der Waals surface area contributed by atoms with Crippen LogP contribution in [0.2, 0.25) is 0 Å². The lowest BCUT2D eigenvalue weighted by molar-refractivity contribution is -0.145. The Morgan fingerprint density at radius 2 is 1.84 bits per heavy atom. The van der Waals surface area contributed by atoms with Crippen LogP contribution in [0.3, 0.4) is 0 Å². The van der Waals surface area contributed by atoms with Crippen molar-refractivity contribution in [2.24, 2.45) is 5.92 Å². The van der Waals surface area contributed by atoms with Crippen LogP contribution in [0.5, 0.6) is 23.0 Å². The van der Waals surface area contributed by atoms with Gasteiger partial charge in [-0.15, -0.1) is 0 Å². The summed E-state index contributed by atoms with van der Waals surface area (Å²) in [5.74, 6) is 1.22. The van der Waals surface area contributed by atoms with Crippen LogP contribution in [0.25, 0.3) is 0 Å². The fourth-order valence-electron chi connectivity index (χ4n) is 5.49. The molecule has 238 valence electrons. The summed E-state index contributed by atoms with van der Waals surface area (Å²) in [4.78, 5) is 40.2. The van der Waals surface area contributed by atoms with E-state index in [9.17, 15) is 24.6 Å². The number of aliphatic hydroxyl groups is 2. The first-order valence-electron chi connectivity index (χ1n) is 14.5. The number of benzene rings is 2. The van der Waals surface area contributed by atoms with E-state index < -0.39 is 24.2 Å². The van der Waals surface area contributed by atoms with Gasteiger partial charge in [-0.1, -0.05) is 6.42 Å². The van der Waals surface area contributed by atoms with Crippen molar-refractivity contribution in [2.45, 2.75) is 50.4 Å². The summed E-state index contributed by atoms with van der Waals surface area (Å²) in [5.41, 5.74) is 1.55. The minimum absolute atomic E-state index is 0.0498. The van der Waals surface area contributed by atoms with E-state index in [2.05, 4.69) is 5.32 Å². The molecule has 0 radical (unpaired) electrons. The maximum atomic E-state index is 13.9. The molecule has 1 saturated carbocycles. The third-order valence-electron chi connectivity index (χ3n) is 8.10. The Balaban J connectivity index is 1.71. The zero-order valence-corrected chi connectivity index (χ0v) is 27.2. The minimum atomic E-state index is -1.20. The van der Waals surface area contributed by atoms with E-state index in [0.717, 1.165) is 24.8 Å². The van der Waals surface area contributed by atoms with Crippen LogP contribution in [-0.4, -0.2) is 92.5 Å². The molecule has 0 spiro atoms. The summed E-state index contributed by atoms with van der Waals surface area (Å²) in [7, 11) is 4.60. The lowest BCUT2D eigenvalue weighted by Crippen LogP contribution is -2.57. The van der Waals surface area contributed by atoms with E-state index >= 15 is 0 Å². The van der Waals surface area contributed by atoms with E-state index in [0.29, 0.717) is 50.4 Å². The van der Waals surface area contributed by atoms with Crippen molar-refractivity contribution < 1.29 is 43.5 Å². The number of halogens is 1. The van der Waals surface area contributed by atoms with Gasteiger partial charge in [-0.3, -0.25) is 14.4 Å². The summed E-state index contributed by atoms with van der Waals surface area (Å²) in [5, 5.41) is 23.8. The lowest BCUT2D eigenvalue weighted by Gasteiger charge is -2.43. The standard InChI is InChI=1S/C32H39IN2O9/c1-41-23-7-8-26(42-2)21(15-23)9-11-35(32(40)20-5-4-6-20)25-16-22(31(39)34-10-12-36)17-27(29(25)38)44-30-24(33)13-19(18-37)14-28(30)43-3/h7-8,13-15,17-18,20,25,27,29,36,38H,4-6,9-12,16H2,1-3H3,(H,34,39). The largest absolute Gasteiger partial charge is 0.497 e. The number of carbonyl (C=O) groups is 3. The zero-order valence-electron chi connectivity index (χ0n) is 25.1. The van der Waals surface area contributed by atoms with Crippen molar-refractivity contribution in [3.05, 3.63) is 56.7 Å². The molecule has 1 fully saturated rings. The quantitative estimate of drug-likeness (QED) is 0.198. The number of rotatable bonds is 14. The fourth-order valence-corrected chi connectivity index (χ4v) is 6.24. The fraction of sp³-hybridized carbons (Fsp3) is 0.469. The van der Waals surface area contributed by atoms with Crippen LogP contribution in [0, 0.1) is 9.49 Å². The van der Waals surface area contributed by atoms with Gasteiger partial charge in [0.25, 0.3) is 0 Å². The zero-order chi connectivity index (χ0) is 31.8. The average molecular weight is 723 g/mol. The first-order valence-corrected chi connectivity index (χ1v) is 15.6. The summed E-state index contributed by atoms with van der Waals surface area (Å²) < 4.78 is 23.3. The van der Waals surface area contributed by atoms with Crippen molar-refractivity contribution >= 4 is 40.7 Å². The predicted molar refractivity (Wildman–Crippen MR) is 170 cm³/mol. The Labute approximate surface area is 270 Å². The van der Waals surface area contributed by atoms with Gasteiger partial charge in [-0.2, -0.15) is 0 Å². The van der Waals surface area contributed by atoms with Crippen LogP contribution >= 0.6 is 22.6 Å². The summed E-state index contributed by atoms with van der Waals surface area (Å²) in [6.07, 6.45) is 3.00. The van der Waals surface area contributed by atoms with Gasteiger partial charge in [-0.25, -0.2) is 0 Å². The van der Waals surface area contributed by atoms with Gasteiger partial charge in [-0.05, 0) is 83.8 Å². The Bertz CT molecular complexity index is 1380. The van der Waals surface area contributed by atoms with Gasteiger partial charge in [0.05, 0.1) is 37.5 Å². The number of hydrogen-bond donors (Lipinski definition) is 3. The number of methoxy groups -OCH3 is 3. The maximum absolute atomic E-state index is 13.9. The average Bonchev–Trinajstić information content (AvgIpc) is 3.00. The third-order valence-corrected chi connectivity index (χ3v) is 8.90. The number of hydrogen-bond acceptors (Lipinski definition) is 9. The molecule has 12 heteroatoms. The summed E-state index contributed by atoms with van der Waals surface area (Å²) in [6, 6.07) is 7.84. The molecule has 2 aromatic rings. The van der Waals surface area contributed by atoms with Crippen LogP contribution in [0.4, 0.5) is 0 Å². The molecule has 4 rings (SSSR count). The highest BCUT2D eigenvalue weighted by atomic mass is 127. The molecular weight excluding hydrogens is 683 g/mol. The molecule has 0 aliphatic heterocycles. The third kappa shape index (κ3) is 7.64. The van der Waals surface area contributed by atoms with Gasteiger partial charge >= 0.3 is 0 Å². The maximum Gasteiger partial charge on any atom is 0.247 e. The van der Waals surface area contributed by atoms with Gasteiger partial charge in [0.1, 0.15) is 30.0 Å². The van der Waals surface area contributed by atoms with Crippen LogP contribution in [0.1, 0.15) is 41.6 Å². The Morgan fingerprint density at radius 1 is 1.09 bits per heavy atom. The van der Waals surface area contributed by atoms with Crippen LogP contribution in [0.15, 0.2) is 42.0 Å². The molecule has 2 aliphatic rings. The van der Waals surface area contributed by atoms with Crippen molar-refractivity contribution in [1.29, 1.82) is 0 Å². The number of nitrogens with zero attached hydrogens (tertiary/aromatic N) is 1. The predicted octanol–water partition coefficient (Wildman–Crippen LogP) is 2.92. The van der Waals surface area contributed by atoms with Gasteiger partial charge in [0.2, 0.25) is 11.8 Å². The number of amides is 2. The van der Waals surface area contributed by atoms with Gasteiger partial charge < -0.3 is 39.4 Å². The second kappa shape index (κ2) is 15.6. The van der Waals surface area contributed by atoms with Crippen molar-refractivity contribution in [2.75, 3.05) is 41.0 Å². The van der Waals surface area contributed by atoms with E-state index in [-0.39, 0.29) is 37.9 Å². The smallest absolute Gasteiger partial charge is 0.247 e. The molecule has 3 N–H and O–H groups in total. The monoisotopic (exact) mass is 722 g/mol. The number of carbonyl (C=O) groups excluding carboxylic acids is 3. The molecule has 2 amide bonds.